The van der Waals surface area contributed by atoms with Crippen LogP contribution in [0.15, 0.2) is 47.4 Å². The number of ether oxygens (including phenoxy) is 3. The fourth-order valence-corrected chi connectivity index (χ4v) is 5.25. The zero-order valence-electron chi connectivity index (χ0n) is 20.4. The summed E-state index contributed by atoms with van der Waals surface area (Å²) in [5.74, 6) is -0.401. The average molecular weight is 567 g/mol. The maximum absolute atomic E-state index is 13.2. The molecule has 4 rings (SSSR count). The maximum Gasteiger partial charge on any atom is 0.418 e. The van der Waals surface area contributed by atoms with Gasteiger partial charge in [-0.25, -0.2) is 0 Å². The van der Waals surface area contributed by atoms with Crippen LogP contribution in [0, 0.1) is 0 Å². The number of nitrogens with one attached hydrogen (secondary N) is 1. The van der Waals surface area contributed by atoms with Crippen molar-refractivity contribution in [1.82, 2.24) is 4.90 Å². The highest BCUT2D eigenvalue weighted by Gasteiger charge is 2.35. The molecule has 2 aliphatic heterocycles. The van der Waals surface area contributed by atoms with E-state index in [9.17, 15) is 22.8 Å². The first-order valence-electron chi connectivity index (χ1n) is 11.9. The van der Waals surface area contributed by atoms with E-state index < -0.39 is 24.3 Å². The molecule has 0 saturated carbocycles. The molecule has 202 valence electrons. The zero-order chi connectivity index (χ0) is 27.3. The number of anilines is 1. The number of carbonyl (C=O) groups excluding carboxylic acids is 2. The van der Waals surface area contributed by atoms with E-state index in [0.29, 0.717) is 40.3 Å². The third-order valence-corrected chi connectivity index (χ3v) is 7.09. The Kier molecular flexibility index (Phi) is 8.95. The second-order valence-electron chi connectivity index (χ2n) is 8.45. The van der Waals surface area contributed by atoms with Crippen molar-refractivity contribution in [2.45, 2.75) is 32.0 Å². The van der Waals surface area contributed by atoms with Crippen molar-refractivity contribution in [2.75, 3.05) is 31.7 Å². The molecule has 2 heterocycles. The van der Waals surface area contributed by atoms with Crippen LogP contribution in [0.2, 0.25) is 0 Å². The molecule has 0 aliphatic carbocycles. The number of thioether (sulfide) groups is 1. The third kappa shape index (κ3) is 6.86. The quantitative estimate of drug-likeness (QED) is 0.317. The van der Waals surface area contributed by atoms with Crippen molar-refractivity contribution in [2.24, 2.45) is 0 Å². The topological polar surface area (TPSA) is 77.1 Å². The molecule has 38 heavy (non-hydrogen) atoms. The van der Waals surface area contributed by atoms with E-state index in [1.54, 1.807) is 36.1 Å². The lowest BCUT2D eigenvalue weighted by Gasteiger charge is -2.18. The number of halogens is 3. The Balaban J connectivity index is 1.43. The summed E-state index contributed by atoms with van der Waals surface area (Å²) in [5.41, 5.74) is -0.651. The van der Waals surface area contributed by atoms with Gasteiger partial charge in [0.2, 0.25) is 0 Å². The summed E-state index contributed by atoms with van der Waals surface area (Å²) in [7, 11) is 0. The lowest BCUT2D eigenvalue weighted by Crippen LogP contribution is -2.35. The fraction of sp³-hybridized carbons (Fsp3) is 0.346. The summed E-state index contributed by atoms with van der Waals surface area (Å²) >= 11 is 6.60. The van der Waals surface area contributed by atoms with Crippen LogP contribution in [0.25, 0.3) is 6.08 Å². The van der Waals surface area contributed by atoms with E-state index in [2.05, 4.69) is 5.32 Å². The molecule has 0 aromatic heterocycles. The zero-order valence-corrected chi connectivity index (χ0v) is 22.0. The molecule has 12 heteroatoms. The van der Waals surface area contributed by atoms with Gasteiger partial charge in [-0.3, -0.25) is 14.5 Å². The second kappa shape index (κ2) is 12.2. The van der Waals surface area contributed by atoms with Gasteiger partial charge in [0.1, 0.15) is 4.32 Å². The Morgan fingerprint density at radius 1 is 1.24 bits per heavy atom. The van der Waals surface area contributed by atoms with Gasteiger partial charge in [0, 0.05) is 6.61 Å². The van der Waals surface area contributed by atoms with Crippen molar-refractivity contribution in [3.8, 4) is 11.5 Å². The second-order valence-corrected chi connectivity index (χ2v) is 10.1. The van der Waals surface area contributed by atoms with Crippen LogP contribution in [0.3, 0.4) is 0 Å². The predicted octanol–water partition coefficient (Wildman–Crippen LogP) is 5.50. The average Bonchev–Trinajstić information content (AvgIpc) is 3.47. The van der Waals surface area contributed by atoms with Gasteiger partial charge in [0.25, 0.3) is 11.8 Å². The minimum atomic E-state index is -4.61. The Bertz CT molecular complexity index is 1250. The standard InChI is InChI=1S/C26H25F3N2O5S2/c1-2-34-21-12-16(13-22-24(33)31(25(37)38-22)14-17-6-5-11-35-17)9-10-20(21)36-15-23(32)30-19-8-4-3-7-18(19)26(27,28)29/h3-4,7-10,12-13,17H,2,5-6,11,14-15H2,1H3,(H,30,32)/b22-13-/t17-/m0/s1. The molecule has 0 spiro atoms. The smallest absolute Gasteiger partial charge is 0.418 e. The minimum Gasteiger partial charge on any atom is -0.490 e. The first kappa shape index (κ1) is 27.9. The SMILES string of the molecule is CCOc1cc(/C=C2\SC(=S)N(C[C@@H]3CCCO3)C2=O)ccc1OCC(=O)Nc1ccccc1C(F)(F)F. The number of para-hydroxylation sites is 1. The molecule has 0 radical (unpaired) electrons. The van der Waals surface area contributed by atoms with Crippen molar-refractivity contribution < 1.29 is 37.0 Å². The molecule has 0 unspecified atom stereocenters. The van der Waals surface area contributed by atoms with E-state index in [-0.39, 0.29) is 23.4 Å². The lowest BCUT2D eigenvalue weighted by molar-refractivity contribution is -0.137. The number of alkyl halides is 3. The number of hydrogen-bond donors (Lipinski definition) is 1. The number of rotatable bonds is 9. The molecule has 2 aromatic rings. The van der Waals surface area contributed by atoms with E-state index in [0.717, 1.165) is 18.9 Å². The predicted molar refractivity (Wildman–Crippen MR) is 142 cm³/mol. The molecule has 2 amide bonds. The van der Waals surface area contributed by atoms with Crippen LogP contribution >= 0.6 is 24.0 Å². The molecule has 2 aromatic carbocycles. The number of thiocarbonyl (C=S) groups is 1. The highest BCUT2D eigenvalue weighted by Crippen LogP contribution is 2.36. The Hall–Kier alpha value is -3.09. The normalized spacial score (nSPS) is 18.8. The van der Waals surface area contributed by atoms with Gasteiger partial charge in [-0.15, -0.1) is 0 Å². The number of benzene rings is 2. The van der Waals surface area contributed by atoms with Gasteiger partial charge in [-0.2, -0.15) is 13.2 Å². The number of hydrogen-bond acceptors (Lipinski definition) is 7. The lowest BCUT2D eigenvalue weighted by atomic mass is 10.1. The Morgan fingerprint density at radius 2 is 2.03 bits per heavy atom. The molecule has 2 aliphatic rings. The molecular weight excluding hydrogens is 541 g/mol. The van der Waals surface area contributed by atoms with Crippen LogP contribution in [0.4, 0.5) is 18.9 Å². The van der Waals surface area contributed by atoms with Crippen LogP contribution in [-0.2, 0) is 20.5 Å². The van der Waals surface area contributed by atoms with Crippen molar-refractivity contribution in [1.29, 1.82) is 0 Å². The first-order chi connectivity index (χ1) is 18.2. The Morgan fingerprint density at radius 3 is 2.74 bits per heavy atom. The van der Waals surface area contributed by atoms with E-state index >= 15 is 0 Å². The van der Waals surface area contributed by atoms with Crippen LogP contribution in [0.5, 0.6) is 11.5 Å². The van der Waals surface area contributed by atoms with Crippen LogP contribution < -0.4 is 14.8 Å². The molecule has 2 fully saturated rings. The Labute approximate surface area is 227 Å². The van der Waals surface area contributed by atoms with Gasteiger partial charge in [-0.05, 0) is 55.7 Å². The molecular formula is C26H25F3N2O5S2. The van der Waals surface area contributed by atoms with Crippen LogP contribution in [-0.4, -0.2) is 53.5 Å². The summed E-state index contributed by atoms with van der Waals surface area (Å²) < 4.78 is 56.8. The van der Waals surface area contributed by atoms with E-state index in [1.165, 1.54) is 30.0 Å². The van der Waals surface area contributed by atoms with E-state index in [4.69, 9.17) is 26.4 Å². The first-order valence-corrected chi connectivity index (χ1v) is 13.1. The van der Waals surface area contributed by atoms with Crippen molar-refractivity contribution >= 4 is 51.9 Å². The highest BCUT2D eigenvalue weighted by atomic mass is 32.2. The number of amides is 2. The van der Waals surface area contributed by atoms with E-state index in [1.807, 2.05) is 0 Å². The van der Waals surface area contributed by atoms with Crippen molar-refractivity contribution in [3.63, 3.8) is 0 Å². The number of nitrogens with zero attached hydrogens (tertiary/aromatic N) is 1. The van der Waals surface area contributed by atoms with Gasteiger partial charge < -0.3 is 19.5 Å². The van der Waals surface area contributed by atoms with Gasteiger partial charge >= 0.3 is 6.18 Å². The van der Waals surface area contributed by atoms with Gasteiger partial charge in [-0.1, -0.05) is 42.2 Å². The molecule has 7 nitrogen and oxygen atoms in total. The summed E-state index contributed by atoms with van der Waals surface area (Å²) in [6.07, 6.45) is -1.07. The number of carbonyl (C=O) groups is 2. The van der Waals surface area contributed by atoms with Crippen molar-refractivity contribution in [3.05, 3.63) is 58.5 Å². The largest absolute Gasteiger partial charge is 0.490 e. The molecule has 2 saturated heterocycles. The third-order valence-electron chi connectivity index (χ3n) is 5.71. The maximum atomic E-state index is 13.2. The monoisotopic (exact) mass is 566 g/mol. The minimum absolute atomic E-state index is 0.0167. The molecule has 1 N–H and O–H groups in total. The van der Waals surface area contributed by atoms with Gasteiger partial charge in [0.15, 0.2) is 18.1 Å². The highest BCUT2D eigenvalue weighted by molar-refractivity contribution is 8.26. The molecule has 0 bridgehead atoms. The fourth-order valence-electron chi connectivity index (χ4n) is 3.97. The molecule has 1 atom stereocenters. The summed E-state index contributed by atoms with van der Waals surface area (Å²) in [6.45, 7) is 2.65. The summed E-state index contributed by atoms with van der Waals surface area (Å²) in [5, 5.41) is 2.24. The van der Waals surface area contributed by atoms with Gasteiger partial charge in [0.05, 0.1) is 35.4 Å². The summed E-state index contributed by atoms with van der Waals surface area (Å²) in [6, 6.07) is 9.61. The summed E-state index contributed by atoms with van der Waals surface area (Å²) in [4.78, 5) is 27.3. The van der Waals surface area contributed by atoms with Crippen LogP contribution in [0.1, 0.15) is 30.9 Å².